The number of carbonyl (C=O) groups excluding carboxylic acids is 2. The number of hydrogen-bond donors (Lipinski definition) is 1. The van der Waals surface area contributed by atoms with Gasteiger partial charge >= 0.3 is 5.97 Å². The molecular weight excluding hydrogens is 952 g/mol. The molecule has 0 saturated carbocycles. The number of unbranched alkanes of at least 4 members (excludes halogenated alkanes) is 33. The minimum atomic E-state index is -4.71. The molecule has 0 aliphatic carbocycles. The maximum Gasteiger partial charge on any atom is 0.306 e. The normalized spacial score (nSPS) is 14.1. The van der Waals surface area contributed by atoms with E-state index in [9.17, 15) is 19.0 Å². The van der Waals surface area contributed by atoms with Crippen molar-refractivity contribution in [3.05, 3.63) is 60.8 Å². The highest BCUT2D eigenvalue weighted by atomic mass is 31.2. The van der Waals surface area contributed by atoms with Gasteiger partial charge in [0.15, 0.2) is 0 Å². The van der Waals surface area contributed by atoms with Crippen molar-refractivity contribution in [2.45, 2.75) is 303 Å². The van der Waals surface area contributed by atoms with E-state index < -0.39 is 26.6 Å². The van der Waals surface area contributed by atoms with Crippen molar-refractivity contribution < 1.29 is 37.3 Å². The van der Waals surface area contributed by atoms with Crippen LogP contribution in [0.2, 0.25) is 0 Å². The van der Waals surface area contributed by atoms with Gasteiger partial charge in [-0.15, -0.1) is 0 Å². The average Bonchev–Trinajstić information content (AvgIpc) is 3.37. The maximum absolute atomic E-state index is 13.5. The first-order chi connectivity index (χ1) is 36.4. The van der Waals surface area contributed by atoms with Gasteiger partial charge in [0.2, 0.25) is 5.91 Å². The molecule has 0 bridgehead atoms. The molecule has 1 amide bonds. The Bertz CT molecular complexity index is 1470. The van der Waals surface area contributed by atoms with Gasteiger partial charge in [-0.05, 0) is 83.1 Å². The van der Waals surface area contributed by atoms with Gasteiger partial charge in [0, 0.05) is 12.8 Å². The second kappa shape index (κ2) is 55.0. The summed E-state index contributed by atoms with van der Waals surface area (Å²) in [5, 5.41) is 2.99. The molecule has 0 aromatic heterocycles. The van der Waals surface area contributed by atoms with Gasteiger partial charge in [0.25, 0.3) is 7.82 Å². The molecule has 0 fully saturated rings. The minimum absolute atomic E-state index is 0.0318. The zero-order chi connectivity index (χ0) is 55.0. The SMILES string of the molecule is CCCCC/C=C\C/C=C\CCCCCCCCCCCCCCCC(=O)OC(/C=C\CCCCCCCCCCCCC)C(COP(=O)([O-])OCC[N+](C)(C)C)NC(=O)CC/C=C/C/C=C\CCCCCCCC. The summed E-state index contributed by atoms with van der Waals surface area (Å²) in [6, 6.07) is -0.918. The van der Waals surface area contributed by atoms with E-state index in [4.69, 9.17) is 13.8 Å². The average molecular weight is 1070 g/mol. The highest BCUT2D eigenvalue weighted by molar-refractivity contribution is 7.45. The number of hydrogen-bond acceptors (Lipinski definition) is 7. The molecule has 9 nitrogen and oxygen atoms in total. The second-order valence-corrected chi connectivity index (χ2v) is 24.0. The van der Waals surface area contributed by atoms with Gasteiger partial charge in [0.05, 0.1) is 33.8 Å². The summed E-state index contributed by atoms with van der Waals surface area (Å²) in [7, 11) is 1.16. The van der Waals surface area contributed by atoms with Crippen LogP contribution in [0.5, 0.6) is 0 Å². The number of phosphoric ester groups is 1. The molecule has 0 aliphatic rings. The third-order valence-electron chi connectivity index (χ3n) is 13.9. The van der Waals surface area contributed by atoms with Crippen LogP contribution < -0.4 is 10.2 Å². The van der Waals surface area contributed by atoms with Gasteiger partial charge < -0.3 is 28.5 Å². The van der Waals surface area contributed by atoms with E-state index in [2.05, 4.69) is 68.6 Å². The predicted molar refractivity (Wildman–Crippen MR) is 321 cm³/mol. The highest BCUT2D eigenvalue weighted by Crippen LogP contribution is 2.38. The molecule has 75 heavy (non-hydrogen) atoms. The number of ether oxygens (including phenoxy) is 1. The maximum atomic E-state index is 13.5. The van der Waals surface area contributed by atoms with Gasteiger partial charge in [0.1, 0.15) is 19.3 Å². The number of rotatable bonds is 57. The zero-order valence-electron chi connectivity index (χ0n) is 50.0. The van der Waals surface area contributed by atoms with E-state index in [0.717, 1.165) is 57.8 Å². The van der Waals surface area contributed by atoms with Crippen molar-refractivity contribution in [3.63, 3.8) is 0 Å². The van der Waals surface area contributed by atoms with Crippen LogP contribution in [-0.2, 0) is 27.9 Å². The molecule has 3 atom stereocenters. The van der Waals surface area contributed by atoms with Crippen molar-refractivity contribution in [2.24, 2.45) is 0 Å². The van der Waals surface area contributed by atoms with Crippen LogP contribution in [0.15, 0.2) is 60.8 Å². The lowest BCUT2D eigenvalue weighted by Crippen LogP contribution is -2.47. The van der Waals surface area contributed by atoms with Crippen molar-refractivity contribution in [3.8, 4) is 0 Å². The fourth-order valence-electron chi connectivity index (χ4n) is 9.01. The number of amides is 1. The summed E-state index contributed by atoms with van der Waals surface area (Å²) in [6.07, 6.45) is 69.2. The molecule has 1 N–H and O–H groups in total. The number of phosphoric acid groups is 1. The molecule has 10 heteroatoms. The molecule has 0 spiro atoms. The Balaban J connectivity index is 5.21. The lowest BCUT2D eigenvalue weighted by molar-refractivity contribution is -0.870. The summed E-state index contributed by atoms with van der Waals surface area (Å²) in [5.74, 6) is -0.614. The number of nitrogens with one attached hydrogen (secondary N) is 1. The highest BCUT2D eigenvalue weighted by Gasteiger charge is 2.27. The number of quaternary nitrogens is 1. The van der Waals surface area contributed by atoms with Gasteiger partial charge in [-0.25, -0.2) is 0 Å². The van der Waals surface area contributed by atoms with Crippen LogP contribution in [0.1, 0.15) is 290 Å². The van der Waals surface area contributed by atoms with Crippen LogP contribution in [-0.4, -0.2) is 69.4 Å². The molecule has 0 rings (SSSR count). The third-order valence-corrected chi connectivity index (χ3v) is 14.9. The van der Waals surface area contributed by atoms with Gasteiger partial charge in [-0.3, -0.25) is 14.2 Å². The van der Waals surface area contributed by atoms with E-state index >= 15 is 0 Å². The second-order valence-electron chi connectivity index (χ2n) is 22.6. The molecule has 438 valence electrons. The molecule has 0 saturated heterocycles. The van der Waals surface area contributed by atoms with E-state index in [1.807, 2.05) is 39.4 Å². The molecule has 0 heterocycles. The Hall–Kier alpha value is -2.29. The van der Waals surface area contributed by atoms with Crippen LogP contribution in [0.4, 0.5) is 0 Å². The van der Waals surface area contributed by atoms with Crippen LogP contribution >= 0.6 is 7.82 Å². The summed E-state index contributed by atoms with van der Waals surface area (Å²) in [4.78, 5) is 39.9. The molecular formula is C65H121N2O7P. The fraction of sp³-hybridized carbons (Fsp3) is 0.815. The zero-order valence-corrected chi connectivity index (χ0v) is 50.9. The molecule has 3 unspecified atom stereocenters. The summed E-state index contributed by atoms with van der Waals surface area (Å²) in [6.45, 7) is 6.78. The Morgan fingerprint density at radius 2 is 0.827 bits per heavy atom. The van der Waals surface area contributed by atoms with E-state index in [0.29, 0.717) is 17.4 Å². The third kappa shape index (κ3) is 56.2. The minimum Gasteiger partial charge on any atom is -0.756 e. The lowest BCUT2D eigenvalue weighted by Gasteiger charge is -2.30. The monoisotopic (exact) mass is 1070 g/mol. The number of allylic oxidation sites excluding steroid dienone is 9. The summed E-state index contributed by atoms with van der Waals surface area (Å²) >= 11 is 0. The van der Waals surface area contributed by atoms with Crippen LogP contribution in [0, 0.1) is 0 Å². The number of carbonyl (C=O) groups is 2. The molecule has 0 aromatic carbocycles. The molecule has 0 radical (unpaired) electrons. The first-order valence-electron chi connectivity index (χ1n) is 31.6. The van der Waals surface area contributed by atoms with Crippen LogP contribution in [0.3, 0.4) is 0 Å². The number of nitrogens with zero attached hydrogens (tertiary/aromatic N) is 1. The topological polar surface area (TPSA) is 114 Å². The van der Waals surface area contributed by atoms with E-state index in [1.54, 1.807) is 0 Å². The fourth-order valence-corrected chi connectivity index (χ4v) is 9.74. The van der Waals surface area contributed by atoms with Gasteiger partial charge in [-0.1, -0.05) is 255 Å². The largest absolute Gasteiger partial charge is 0.756 e. The standard InChI is InChI=1S/C65H121N2O7P/c1-7-10-13-16-19-22-25-28-29-30-31-32-33-34-35-36-37-40-43-46-49-52-55-58-65(69)74-63(56-53-50-47-44-41-38-26-23-20-17-14-11-8-2)62(61-73-75(70,71)72-60-59-67(4,5)6)66-64(68)57-54-51-48-45-42-39-27-24-21-18-15-12-9-3/h19,22,28-29,39,42,48,51,53,56,62-63H,7-18,20-21,23-27,30-38,40-41,43-47,49-50,52,54-55,57-61H2,1-6H3,(H-,66,68,70,71)/b22-19-,29-28-,42-39-,51-48+,56-53-. The Labute approximate surface area is 464 Å². The first kappa shape index (κ1) is 72.7. The Morgan fingerprint density at radius 1 is 0.467 bits per heavy atom. The molecule has 0 aromatic rings. The van der Waals surface area contributed by atoms with Crippen molar-refractivity contribution in [2.75, 3.05) is 40.9 Å². The van der Waals surface area contributed by atoms with Gasteiger partial charge in [-0.2, -0.15) is 0 Å². The van der Waals surface area contributed by atoms with Crippen molar-refractivity contribution in [1.82, 2.24) is 5.32 Å². The molecule has 0 aliphatic heterocycles. The summed E-state index contributed by atoms with van der Waals surface area (Å²) < 4.78 is 30.3. The van der Waals surface area contributed by atoms with E-state index in [1.165, 1.54) is 193 Å². The number of esters is 1. The number of likely N-dealkylation sites (N-methyl/N-ethyl adjacent to an activating group) is 1. The Morgan fingerprint density at radius 3 is 1.25 bits per heavy atom. The predicted octanol–water partition coefficient (Wildman–Crippen LogP) is 18.8. The lowest BCUT2D eigenvalue weighted by atomic mass is 10.0. The quantitative estimate of drug-likeness (QED) is 0.0212. The van der Waals surface area contributed by atoms with E-state index in [-0.39, 0.29) is 31.3 Å². The Kier molecular flexibility index (Phi) is 53.4. The first-order valence-corrected chi connectivity index (χ1v) is 33.1. The van der Waals surface area contributed by atoms with Crippen molar-refractivity contribution >= 4 is 19.7 Å². The summed E-state index contributed by atoms with van der Waals surface area (Å²) in [5.41, 5.74) is 0. The smallest absolute Gasteiger partial charge is 0.306 e. The van der Waals surface area contributed by atoms with Crippen molar-refractivity contribution in [1.29, 1.82) is 0 Å². The van der Waals surface area contributed by atoms with Crippen LogP contribution in [0.25, 0.3) is 0 Å².